The first-order chi connectivity index (χ1) is 50.8. The molecule has 0 aromatic heterocycles. The first-order valence-corrected chi connectivity index (χ1v) is 43.9. The number of carbonyl (C=O) groups is 1. The topological polar surface area (TPSA) is 307 Å². The summed E-state index contributed by atoms with van der Waals surface area (Å²) in [5.74, 6) is -0.233. The molecular weight excluding hydrogens is 1320 g/mol. The van der Waals surface area contributed by atoms with Gasteiger partial charge < -0.3 is 89.9 Å². The zero-order chi connectivity index (χ0) is 75.3. The molecule has 0 aromatic carbocycles. The lowest BCUT2D eigenvalue weighted by atomic mass is 9.96. The van der Waals surface area contributed by atoms with Gasteiger partial charge in [0.2, 0.25) is 5.91 Å². The minimum atomic E-state index is -1.97. The van der Waals surface area contributed by atoms with E-state index in [1.165, 1.54) is 315 Å². The van der Waals surface area contributed by atoms with Crippen molar-refractivity contribution in [3.8, 4) is 0 Å². The van der Waals surface area contributed by atoms with Crippen molar-refractivity contribution in [1.29, 1.82) is 0 Å². The molecule has 0 radical (unpaired) electrons. The Kier molecular flexibility index (Phi) is 61.5. The van der Waals surface area contributed by atoms with Crippen LogP contribution >= 0.6 is 0 Å². The quantitative estimate of drug-likeness (QED) is 0.0199. The van der Waals surface area contributed by atoms with Crippen molar-refractivity contribution in [1.82, 2.24) is 5.32 Å². The Balaban J connectivity index is 1.27. The number of aliphatic hydroxyl groups is 11. The van der Waals surface area contributed by atoms with Gasteiger partial charge in [-0.25, -0.2) is 0 Å². The normalized spacial score (nSPS) is 25.9. The monoisotopic (exact) mass is 1490 g/mol. The highest BCUT2D eigenvalue weighted by atomic mass is 16.8. The van der Waals surface area contributed by atoms with Crippen LogP contribution in [0.25, 0.3) is 0 Å². The first-order valence-electron chi connectivity index (χ1n) is 43.9. The second kappa shape index (κ2) is 66.2. The van der Waals surface area contributed by atoms with Gasteiger partial charge in [-0.15, -0.1) is 0 Å². The number of carbonyl (C=O) groups excluding carboxylic acids is 1. The van der Waals surface area contributed by atoms with E-state index in [4.69, 9.17) is 28.4 Å². The molecule has 616 valence electrons. The van der Waals surface area contributed by atoms with Crippen molar-refractivity contribution in [3.63, 3.8) is 0 Å². The van der Waals surface area contributed by atoms with Crippen molar-refractivity contribution in [3.05, 3.63) is 12.2 Å². The molecule has 1 amide bonds. The van der Waals surface area contributed by atoms with E-state index in [2.05, 4.69) is 31.3 Å². The molecule has 12 N–H and O–H groups in total. The van der Waals surface area contributed by atoms with E-state index in [0.717, 1.165) is 44.9 Å². The molecule has 3 aliphatic rings. The molecule has 3 heterocycles. The van der Waals surface area contributed by atoms with Crippen molar-refractivity contribution >= 4 is 5.91 Å². The Labute approximate surface area is 633 Å². The molecular formula is C85H163NO18. The maximum absolute atomic E-state index is 13.5. The molecule has 17 atom stereocenters. The Bertz CT molecular complexity index is 1920. The number of aliphatic hydroxyl groups excluding tert-OH is 11. The summed E-state index contributed by atoms with van der Waals surface area (Å²) in [6, 6.07) is -0.884. The minimum Gasteiger partial charge on any atom is -0.394 e. The van der Waals surface area contributed by atoms with E-state index < -0.39 is 124 Å². The average Bonchev–Trinajstić information content (AvgIpc) is 0.783. The smallest absolute Gasteiger partial charge is 0.220 e. The van der Waals surface area contributed by atoms with Crippen LogP contribution in [0.2, 0.25) is 0 Å². The van der Waals surface area contributed by atoms with Gasteiger partial charge >= 0.3 is 0 Å². The maximum atomic E-state index is 13.5. The first kappa shape index (κ1) is 96.7. The van der Waals surface area contributed by atoms with Crippen LogP contribution in [-0.2, 0) is 33.2 Å². The van der Waals surface area contributed by atoms with Crippen LogP contribution in [0.5, 0.6) is 0 Å². The Hall–Kier alpha value is -1.47. The van der Waals surface area contributed by atoms with Gasteiger partial charge in [0.25, 0.3) is 0 Å². The van der Waals surface area contributed by atoms with E-state index in [1.54, 1.807) is 0 Å². The van der Waals surface area contributed by atoms with Crippen molar-refractivity contribution in [2.24, 2.45) is 0 Å². The molecule has 3 saturated heterocycles. The third-order valence-electron chi connectivity index (χ3n) is 22.3. The van der Waals surface area contributed by atoms with E-state index >= 15 is 0 Å². The number of unbranched alkanes of at least 4 members (excludes halogenated alkanes) is 54. The van der Waals surface area contributed by atoms with Gasteiger partial charge in [0, 0.05) is 6.42 Å². The summed E-state index contributed by atoms with van der Waals surface area (Å²) in [6.45, 7) is 1.86. The standard InChI is InChI=1S/C85H163NO18/c1-3-5-7-9-11-13-15-17-19-21-23-24-25-26-27-28-29-30-31-32-33-34-35-36-37-38-39-40-41-42-43-44-45-47-49-51-53-55-57-59-61-63-73(91)86-68(69(90)62-60-58-56-54-52-50-48-46-22-20-18-16-14-12-10-8-6-4-2)67-99-83-79(97)76(94)81(71(65-88)101-83)104-85-80(98)77(95)82(72(66-89)102-85)103-84-78(96)75(93)74(92)70(64-87)100-84/h21,23,68-72,74-85,87-90,92-98H,3-20,22,24-67H2,1-2H3,(H,86,91)/b23-21-. The molecule has 0 spiro atoms. The van der Waals surface area contributed by atoms with Crippen molar-refractivity contribution in [2.75, 3.05) is 26.4 Å². The lowest BCUT2D eigenvalue weighted by molar-refractivity contribution is -0.379. The fraction of sp³-hybridized carbons (Fsp3) is 0.965. The highest BCUT2D eigenvalue weighted by Gasteiger charge is 2.54. The van der Waals surface area contributed by atoms with Gasteiger partial charge in [-0.2, -0.15) is 0 Å². The number of nitrogens with one attached hydrogen (secondary N) is 1. The fourth-order valence-corrected chi connectivity index (χ4v) is 15.3. The second-order valence-electron chi connectivity index (χ2n) is 31.7. The van der Waals surface area contributed by atoms with Gasteiger partial charge in [-0.3, -0.25) is 4.79 Å². The summed E-state index contributed by atoms with van der Waals surface area (Å²) in [4.78, 5) is 13.5. The minimum absolute atomic E-state index is 0.233. The zero-order valence-corrected chi connectivity index (χ0v) is 66.3. The summed E-state index contributed by atoms with van der Waals surface area (Å²) in [5.41, 5.74) is 0. The van der Waals surface area contributed by atoms with E-state index in [0.29, 0.717) is 12.8 Å². The summed E-state index contributed by atoms with van der Waals surface area (Å²) in [6.07, 6.45) is 53.4. The Morgan fingerprint density at radius 1 is 0.337 bits per heavy atom. The summed E-state index contributed by atoms with van der Waals surface area (Å²) >= 11 is 0. The largest absolute Gasteiger partial charge is 0.394 e. The zero-order valence-electron chi connectivity index (χ0n) is 66.3. The SMILES string of the molecule is CCCCCCCCCC/C=C\CCCCCCCCCCCCCCCCCCCCCCCCCCCCCCCC(=O)NC(COC1OC(CO)C(OC2OC(CO)C(OC3OC(CO)C(O)C(O)C3O)C(O)C2O)C(O)C1O)C(O)CCCCCCCCCCCCCCCCCCCC. The Morgan fingerprint density at radius 2 is 0.606 bits per heavy atom. The van der Waals surface area contributed by atoms with Crippen molar-refractivity contribution in [2.45, 2.75) is 497 Å². The van der Waals surface area contributed by atoms with Crippen LogP contribution in [0, 0.1) is 0 Å². The number of amides is 1. The molecule has 0 bridgehead atoms. The molecule has 104 heavy (non-hydrogen) atoms. The molecule has 17 unspecified atom stereocenters. The highest BCUT2D eigenvalue weighted by Crippen LogP contribution is 2.34. The maximum Gasteiger partial charge on any atom is 0.220 e. The van der Waals surface area contributed by atoms with Gasteiger partial charge in [0.05, 0.1) is 38.6 Å². The summed E-state index contributed by atoms with van der Waals surface area (Å²) in [7, 11) is 0. The van der Waals surface area contributed by atoms with Crippen LogP contribution in [-0.4, -0.2) is 193 Å². The average molecular weight is 1490 g/mol. The van der Waals surface area contributed by atoms with E-state index in [1.807, 2.05) is 0 Å². The lowest BCUT2D eigenvalue weighted by Crippen LogP contribution is -2.66. The lowest BCUT2D eigenvalue weighted by Gasteiger charge is -2.48. The highest BCUT2D eigenvalue weighted by molar-refractivity contribution is 5.76. The molecule has 19 heteroatoms. The number of hydrogen-bond acceptors (Lipinski definition) is 18. The van der Waals surface area contributed by atoms with Gasteiger partial charge in [0.15, 0.2) is 18.9 Å². The third-order valence-corrected chi connectivity index (χ3v) is 22.3. The number of rotatable bonds is 72. The van der Waals surface area contributed by atoms with Crippen LogP contribution in [0.1, 0.15) is 393 Å². The van der Waals surface area contributed by atoms with Gasteiger partial charge in [-0.1, -0.05) is 360 Å². The molecule has 19 nitrogen and oxygen atoms in total. The van der Waals surface area contributed by atoms with Crippen molar-refractivity contribution < 1.29 is 89.4 Å². The van der Waals surface area contributed by atoms with Crippen LogP contribution in [0.4, 0.5) is 0 Å². The third kappa shape index (κ3) is 45.1. The van der Waals surface area contributed by atoms with E-state index in [-0.39, 0.29) is 18.9 Å². The molecule has 3 fully saturated rings. The predicted molar refractivity (Wildman–Crippen MR) is 416 cm³/mol. The summed E-state index contributed by atoms with van der Waals surface area (Å²) in [5, 5.41) is 121. The van der Waals surface area contributed by atoms with Gasteiger partial charge in [0.1, 0.15) is 73.2 Å². The van der Waals surface area contributed by atoms with Crippen LogP contribution in [0.3, 0.4) is 0 Å². The number of allylic oxidation sites excluding steroid dienone is 2. The number of hydrogen-bond donors (Lipinski definition) is 12. The molecule has 3 aliphatic heterocycles. The van der Waals surface area contributed by atoms with Crippen LogP contribution < -0.4 is 5.32 Å². The summed E-state index contributed by atoms with van der Waals surface area (Å²) < 4.78 is 34.5. The Morgan fingerprint density at radius 3 is 0.933 bits per heavy atom. The molecule has 3 rings (SSSR count). The second-order valence-corrected chi connectivity index (χ2v) is 31.7. The van der Waals surface area contributed by atoms with E-state index in [9.17, 15) is 61.0 Å². The molecule has 0 saturated carbocycles. The van der Waals surface area contributed by atoms with Gasteiger partial charge in [-0.05, 0) is 38.5 Å². The molecule has 0 aliphatic carbocycles. The fourth-order valence-electron chi connectivity index (χ4n) is 15.3. The van der Waals surface area contributed by atoms with Crippen LogP contribution in [0.15, 0.2) is 12.2 Å². The molecule has 0 aromatic rings. The number of ether oxygens (including phenoxy) is 6. The predicted octanol–water partition coefficient (Wildman–Crippen LogP) is 15.9.